The van der Waals surface area contributed by atoms with Gasteiger partial charge in [-0.05, 0) is 30.5 Å². The molecular weight excluding hydrogens is 268 g/mol. The summed E-state index contributed by atoms with van der Waals surface area (Å²) in [6.07, 6.45) is 4.82. The molecule has 0 radical (unpaired) electrons. The number of nitrogens with one attached hydrogen (secondary N) is 1. The Morgan fingerprint density at radius 2 is 2.06 bits per heavy atom. The van der Waals surface area contributed by atoms with Crippen LogP contribution in [0.1, 0.15) is 24.8 Å². The number of benzene rings is 1. The number of hydrogen-bond acceptors (Lipinski definition) is 2. The summed E-state index contributed by atoms with van der Waals surface area (Å²) in [5.41, 5.74) is 3.54. The molecule has 1 fully saturated rings. The number of hydrogen-bond donors (Lipinski definition) is 1. The Bertz CT molecular complexity index is 396. The zero-order valence-corrected chi connectivity index (χ0v) is 10.4. The molecule has 1 saturated carbocycles. The molecule has 4 heteroatoms. The van der Waals surface area contributed by atoms with Gasteiger partial charge in [-0.1, -0.05) is 34.5 Å². The second-order valence-corrected chi connectivity index (χ2v) is 4.83. The molecule has 1 aliphatic rings. The van der Waals surface area contributed by atoms with Crippen LogP contribution < -0.4 is 5.43 Å². The van der Waals surface area contributed by atoms with E-state index in [1.807, 2.05) is 24.3 Å². The Hall–Kier alpha value is -1.16. The Balaban J connectivity index is 1.84. The van der Waals surface area contributed by atoms with E-state index < -0.39 is 0 Å². The fraction of sp³-hybridized carbons (Fsp3) is 0.333. The second-order valence-electron chi connectivity index (χ2n) is 3.91. The lowest BCUT2D eigenvalue weighted by atomic mass is 9.85. The van der Waals surface area contributed by atoms with Crippen molar-refractivity contribution in [3.63, 3.8) is 0 Å². The first kappa shape index (κ1) is 11.3. The van der Waals surface area contributed by atoms with Crippen LogP contribution in [0.15, 0.2) is 33.8 Å². The summed E-state index contributed by atoms with van der Waals surface area (Å²) < 4.78 is 1.03. The van der Waals surface area contributed by atoms with Gasteiger partial charge in [0.2, 0.25) is 5.91 Å². The van der Waals surface area contributed by atoms with Gasteiger partial charge >= 0.3 is 0 Å². The highest BCUT2D eigenvalue weighted by atomic mass is 79.9. The fourth-order valence-corrected chi connectivity index (χ4v) is 1.75. The molecule has 16 heavy (non-hydrogen) atoms. The van der Waals surface area contributed by atoms with E-state index in [1.165, 1.54) is 0 Å². The van der Waals surface area contributed by atoms with E-state index in [2.05, 4.69) is 26.5 Å². The molecule has 0 heterocycles. The number of halogens is 1. The van der Waals surface area contributed by atoms with Gasteiger partial charge in [-0.2, -0.15) is 5.10 Å². The number of hydrazone groups is 1. The SMILES string of the molecule is O=C(NN=Cc1ccc(Br)cc1)C1CCC1. The predicted octanol–water partition coefficient (Wildman–Crippen LogP) is 2.70. The van der Waals surface area contributed by atoms with Crippen LogP contribution in [0.25, 0.3) is 0 Å². The van der Waals surface area contributed by atoms with E-state index in [4.69, 9.17) is 0 Å². The monoisotopic (exact) mass is 280 g/mol. The molecule has 0 aromatic heterocycles. The summed E-state index contributed by atoms with van der Waals surface area (Å²) in [7, 11) is 0. The van der Waals surface area contributed by atoms with Crippen LogP contribution in [0.4, 0.5) is 0 Å². The van der Waals surface area contributed by atoms with Crippen molar-refractivity contribution in [1.29, 1.82) is 0 Å². The van der Waals surface area contributed by atoms with Gasteiger partial charge in [0.1, 0.15) is 0 Å². The minimum Gasteiger partial charge on any atom is -0.273 e. The number of carbonyl (C=O) groups is 1. The summed E-state index contributed by atoms with van der Waals surface area (Å²) in [6.45, 7) is 0. The lowest BCUT2D eigenvalue weighted by molar-refractivity contribution is -0.127. The molecule has 2 rings (SSSR count). The number of nitrogens with zero attached hydrogens (tertiary/aromatic N) is 1. The third kappa shape index (κ3) is 2.92. The molecule has 1 aromatic carbocycles. The molecule has 1 amide bonds. The van der Waals surface area contributed by atoms with E-state index in [0.29, 0.717) is 0 Å². The Labute approximate surface area is 103 Å². The first-order valence-corrected chi connectivity index (χ1v) is 6.13. The van der Waals surface area contributed by atoms with Crippen LogP contribution in [0.5, 0.6) is 0 Å². The van der Waals surface area contributed by atoms with Gasteiger partial charge in [0.05, 0.1) is 6.21 Å². The minimum absolute atomic E-state index is 0.0413. The Morgan fingerprint density at radius 3 is 2.62 bits per heavy atom. The van der Waals surface area contributed by atoms with E-state index in [0.717, 1.165) is 29.3 Å². The van der Waals surface area contributed by atoms with Crippen LogP contribution >= 0.6 is 15.9 Å². The van der Waals surface area contributed by atoms with E-state index in [9.17, 15) is 4.79 Å². The van der Waals surface area contributed by atoms with Gasteiger partial charge in [0.15, 0.2) is 0 Å². The standard InChI is InChI=1S/C12H13BrN2O/c13-11-6-4-9(5-7-11)8-14-15-12(16)10-2-1-3-10/h4-8,10H,1-3H2,(H,15,16). The minimum atomic E-state index is 0.0413. The topological polar surface area (TPSA) is 41.5 Å². The summed E-state index contributed by atoms with van der Waals surface area (Å²) in [5.74, 6) is 0.224. The van der Waals surface area contributed by atoms with Crippen molar-refractivity contribution in [3.8, 4) is 0 Å². The lowest BCUT2D eigenvalue weighted by Crippen LogP contribution is -2.31. The lowest BCUT2D eigenvalue weighted by Gasteiger charge is -2.22. The maximum absolute atomic E-state index is 11.4. The zero-order chi connectivity index (χ0) is 11.4. The van der Waals surface area contributed by atoms with Crippen LogP contribution in [0.2, 0.25) is 0 Å². The van der Waals surface area contributed by atoms with Crippen LogP contribution in [0.3, 0.4) is 0 Å². The summed E-state index contributed by atoms with van der Waals surface area (Å²) in [4.78, 5) is 11.4. The van der Waals surface area contributed by atoms with Crippen molar-refractivity contribution in [1.82, 2.24) is 5.43 Å². The number of rotatable bonds is 3. The third-order valence-corrected chi connectivity index (χ3v) is 3.26. The zero-order valence-electron chi connectivity index (χ0n) is 8.82. The molecule has 1 N–H and O–H groups in total. The van der Waals surface area contributed by atoms with Crippen molar-refractivity contribution >= 4 is 28.1 Å². The largest absolute Gasteiger partial charge is 0.273 e. The summed E-state index contributed by atoms with van der Waals surface area (Å²) in [6, 6.07) is 7.75. The normalized spacial score (nSPS) is 16.1. The van der Waals surface area contributed by atoms with Crippen LogP contribution in [-0.4, -0.2) is 12.1 Å². The predicted molar refractivity (Wildman–Crippen MR) is 67.2 cm³/mol. The van der Waals surface area contributed by atoms with Gasteiger partial charge in [0, 0.05) is 10.4 Å². The average molecular weight is 281 g/mol. The molecule has 0 saturated heterocycles. The average Bonchev–Trinajstić information content (AvgIpc) is 2.18. The first-order chi connectivity index (χ1) is 7.75. The fourth-order valence-electron chi connectivity index (χ4n) is 1.48. The highest BCUT2D eigenvalue weighted by Crippen LogP contribution is 2.26. The molecule has 0 bridgehead atoms. The van der Waals surface area contributed by atoms with Crippen molar-refractivity contribution in [2.75, 3.05) is 0 Å². The van der Waals surface area contributed by atoms with E-state index in [-0.39, 0.29) is 11.8 Å². The van der Waals surface area contributed by atoms with Crippen molar-refractivity contribution in [2.24, 2.45) is 11.0 Å². The van der Waals surface area contributed by atoms with Crippen molar-refractivity contribution < 1.29 is 4.79 Å². The van der Waals surface area contributed by atoms with Crippen LogP contribution in [0, 0.1) is 5.92 Å². The van der Waals surface area contributed by atoms with Gasteiger partial charge in [0.25, 0.3) is 0 Å². The number of carbonyl (C=O) groups excluding carboxylic acids is 1. The molecule has 1 aliphatic carbocycles. The van der Waals surface area contributed by atoms with Gasteiger partial charge in [-0.3, -0.25) is 4.79 Å². The summed E-state index contributed by atoms with van der Waals surface area (Å²) in [5, 5.41) is 3.93. The van der Waals surface area contributed by atoms with Gasteiger partial charge < -0.3 is 0 Å². The molecular formula is C12H13BrN2O. The van der Waals surface area contributed by atoms with Gasteiger partial charge in [-0.25, -0.2) is 5.43 Å². The molecule has 0 aliphatic heterocycles. The second kappa shape index (κ2) is 5.25. The summed E-state index contributed by atoms with van der Waals surface area (Å²) >= 11 is 3.36. The Kier molecular flexibility index (Phi) is 3.72. The molecule has 1 aromatic rings. The maximum atomic E-state index is 11.4. The highest BCUT2D eigenvalue weighted by Gasteiger charge is 2.24. The maximum Gasteiger partial charge on any atom is 0.243 e. The van der Waals surface area contributed by atoms with Crippen molar-refractivity contribution in [3.05, 3.63) is 34.3 Å². The highest BCUT2D eigenvalue weighted by molar-refractivity contribution is 9.10. The van der Waals surface area contributed by atoms with E-state index in [1.54, 1.807) is 6.21 Å². The van der Waals surface area contributed by atoms with E-state index >= 15 is 0 Å². The molecule has 0 atom stereocenters. The third-order valence-electron chi connectivity index (χ3n) is 2.73. The van der Waals surface area contributed by atoms with Crippen molar-refractivity contribution in [2.45, 2.75) is 19.3 Å². The smallest absolute Gasteiger partial charge is 0.243 e. The number of amides is 1. The molecule has 84 valence electrons. The first-order valence-electron chi connectivity index (χ1n) is 5.34. The van der Waals surface area contributed by atoms with Gasteiger partial charge in [-0.15, -0.1) is 0 Å². The Morgan fingerprint density at radius 1 is 1.38 bits per heavy atom. The molecule has 0 spiro atoms. The molecule has 0 unspecified atom stereocenters. The van der Waals surface area contributed by atoms with Crippen LogP contribution in [-0.2, 0) is 4.79 Å². The molecule has 3 nitrogen and oxygen atoms in total. The quantitative estimate of drug-likeness (QED) is 0.671.